The second-order valence-electron chi connectivity index (χ2n) is 5.10. The van der Waals surface area contributed by atoms with Crippen LogP contribution in [0.3, 0.4) is 0 Å². The van der Waals surface area contributed by atoms with Crippen molar-refractivity contribution in [3.8, 4) is 0 Å². The maximum Gasteiger partial charge on any atom is 0.325 e. The molecule has 1 atom stereocenters. The summed E-state index contributed by atoms with van der Waals surface area (Å²) in [5.74, 6) is -0.0276. The molecule has 0 radical (unpaired) electrons. The van der Waals surface area contributed by atoms with E-state index in [9.17, 15) is 18.3 Å². The first-order valence-electron chi connectivity index (χ1n) is 6.30. The maximum absolute atomic E-state index is 12.3. The fraction of sp³-hybridized carbons (Fsp3) is 0.909. The molecular formula is C11H19NO4S2. The van der Waals surface area contributed by atoms with Crippen LogP contribution in [0.1, 0.15) is 38.5 Å². The number of carbonyl (C=O) groups is 1. The molecule has 104 valence electrons. The minimum Gasteiger partial charge on any atom is -0.480 e. The Labute approximate surface area is 112 Å². The molecule has 1 saturated carbocycles. The zero-order valence-electron chi connectivity index (χ0n) is 10.2. The van der Waals surface area contributed by atoms with Gasteiger partial charge < -0.3 is 5.11 Å². The molecule has 0 spiro atoms. The van der Waals surface area contributed by atoms with Gasteiger partial charge in [0.1, 0.15) is 5.54 Å². The molecule has 0 bridgehead atoms. The van der Waals surface area contributed by atoms with Crippen LogP contribution >= 0.6 is 11.8 Å². The molecule has 1 unspecified atom stereocenters. The van der Waals surface area contributed by atoms with Gasteiger partial charge in [0.25, 0.3) is 0 Å². The number of nitrogens with one attached hydrogen (secondary N) is 1. The number of hydrogen-bond acceptors (Lipinski definition) is 4. The van der Waals surface area contributed by atoms with Gasteiger partial charge in [-0.3, -0.25) is 4.79 Å². The molecule has 0 aromatic carbocycles. The highest BCUT2D eigenvalue weighted by atomic mass is 32.2. The molecule has 2 rings (SSSR count). The standard InChI is InChI=1S/C11H19NO4S2/c13-10(14)11(6-7-17-8-11)12-18(15,16)9-4-2-1-3-5-9/h9,12H,1-8H2,(H,13,14). The van der Waals surface area contributed by atoms with E-state index in [1.165, 1.54) is 11.8 Å². The summed E-state index contributed by atoms with van der Waals surface area (Å²) in [7, 11) is -3.51. The summed E-state index contributed by atoms with van der Waals surface area (Å²) in [4.78, 5) is 11.3. The third-order valence-corrected chi connectivity index (χ3v) is 6.97. The first-order valence-corrected chi connectivity index (χ1v) is 9.00. The average Bonchev–Trinajstić information content (AvgIpc) is 2.79. The number of aliphatic carboxylic acids is 1. The minimum atomic E-state index is -3.51. The zero-order valence-corrected chi connectivity index (χ0v) is 11.9. The number of carboxylic acid groups (broad SMARTS) is 1. The van der Waals surface area contributed by atoms with E-state index in [1.54, 1.807) is 0 Å². The zero-order chi connectivity index (χ0) is 13.2. The van der Waals surface area contributed by atoms with Gasteiger partial charge in [0, 0.05) is 5.75 Å². The lowest BCUT2D eigenvalue weighted by Gasteiger charge is -2.29. The Balaban J connectivity index is 2.12. The van der Waals surface area contributed by atoms with Gasteiger partial charge in [-0.2, -0.15) is 16.5 Å². The van der Waals surface area contributed by atoms with E-state index in [-0.39, 0.29) is 0 Å². The Morgan fingerprint density at radius 1 is 1.28 bits per heavy atom. The molecular weight excluding hydrogens is 274 g/mol. The van der Waals surface area contributed by atoms with Gasteiger partial charge in [0.2, 0.25) is 10.0 Å². The van der Waals surface area contributed by atoms with Crippen molar-refractivity contribution in [1.29, 1.82) is 0 Å². The third kappa shape index (κ3) is 2.83. The van der Waals surface area contributed by atoms with Crippen LogP contribution in [-0.4, -0.2) is 41.8 Å². The summed E-state index contributed by atoms with van der Waals surface area (Å²) in [6.07, 6.45) is 4.59. The van der Waals surface area contributed by atoms with Gasteiger partial charge in [-0.1, -0.05) is 19.3 Å². The molecule has 1 aliphatic carbocycles. The van der Waals surface area contributed by atoms with Crippen molar-refractivity contribution in [1.82, 2.24) is 4.72 Å². The molecule has 1 heterocycles. The topological polar surface area (TPSA) is 83.5 Å². The van der Waals surface area contributed by atoms with Gasteiger partial charge in [-0.05, 0) is 25.0 Å². The molecule has 1 saturated heterocycles. The van der Waals surface area contributed by atoms with Crippen LogP contribution in [0.5, 0.6) is 0 Å². The van der Waals surface area contributed by atoms with Crippen molar-refractivity contribution >= 4 is 27.8 Å². The number of thioether (sulfide) groups is 1. The molecule has 0 aromatic rings. The fourth-order valence-corrected chi connectivity index (χ4v) is 5.93. The van der Waals surface area contributed by atoms with E-state index >= 15 is 0 Å². The highest BCUT2D eigenvalue weighted by Crippen LogP contribution is 2.31. The number of sulfonamides is 1. The number of rotatable bonds is 4. The number of hydrogen-bond donors (Lipinski definition) is 2. The lowest BCUT2D eigenvalue weighted by molar-refractivity contribution is -0.142. The predicted octanol–water partition coefficient (Wildman–Crippen LogP) is 1.20. The summed E-state index contributed by atoms with van der Waals surface area (Å²) in [6.45, 7) is 0. The van der Waals surface area contributed by atoms with Crippen LogP contribution in [0.2, 0.25) is 0 Å². The van der Waals surface area contributed by atoms with E-state index < -0.39 is 26.8 Å². The first kappa shape index (κ1) is 14.1. The average molecular weight is 293 g/mol. The fourth-order valence-electron chi connectivity index (χ4n) is 2.59. The molecule has 2 aliphatic rings. The van der Waals surface area contributed by atoms with Gasteiger partial charge >= 0.3 is 5.97 Å². The first-order chi connectivity index (χ1) is 8.46. The van der Waals surface area contributed by atoms with Crippen molar-refractivity contribution in [2.24, 2.45) is 0 Å². The highest BCUT2D eigenvalue weighted by Gasteiger charge is 2.46. The molecule has 18 heavy (non-hydrogen) atoms. The molecule has 7 heteroatoms. The lowest BCUT2D eigenvalue weighted by atomic mass is 10.0. The number of carboxylic acids is 1. The van der Waals surface area contributed by atoms with Crippen LogP contribution in [0.25, 0.3) is 0 Å². The van der Waals surface area contributed by atoms with E-state index in [0.29, 0.717) is 30.8 Å². The molecule has 0 aromatic heterocycles. The SMILES string of the molecule is O=C(O)C1(NS(=O)(=O)C2CCCCC2)CCSC1. The van der Waals surface area contributed by atoms with Crippen molar-refractivity contribution < 1.29 is 18.3 Å². The Morgan fingerprint density at radius 2 is 1.94 bits per heavy atom. The van der Waals surface area contributed by atoms with Crippen LogP contribution in [-0.2, 0) is 14.8 Å². The molecule has 1 aliphatic heterocycles. The van der Waals surface area contributed by atoms with Gasteiger partial charge in [-0.25, -0.2) is 8.42 Å². The van der Waals surface area contributed by atoms with Crippen LogP contribution in [0, 0.1) is 0 Å². The third-order valence-electron chi connectivity index (χ3n) is 3.76. The minimum absolute atomic E-state index is 0.328. The van der Waals surface area contributed by atoms with Crippen molar-refractivity contribution in [3.05, 3.63) is 0 Å². The van der Waals surface area contributed by atoms with Gasteiger partial charge in [0.15, 0.2) is 0 Å². The summed E-state index contributed by atoms with van der Waals surface area (Å²) in [5, 5.41) is 8.88. The second kappa shape index (κ2) is 5.38. The Morgan fingerprint density at radius 3 is 2.44 bits per heavy atom. The van der Waals surface area contributed by atoms with E-state index in [1.807, 2.05) is 0 Å². The van der Waals surface area contributed by atoms with Crippen molar-refractivity contribution in [2.45, 2.75) is 49.3 Å². The van der Waals surface area contributed by atoms with Crippen LogP contribution < -0.4 is 4.72 Å². The molecule has 2 N–H and O–H groups in total. The van der Waals surface area contributed by atoms with Gasteiger partial charge in [0.05, 0.1) is 5.25 Å². The summed E-state index contributed by atoms with van der Waals surface area (Å²) in [5.41, 5.74) is -1.28. The highest BCUT2D eigenvalue weighted by molar-refractivity contribution is 7.99. The summed E-state index contributed by atoms with van der Waals surface area (Å²) in [6, 6.07) is 0. The Hall–Kier alpha value is -0.270. The Bertz CT molecular complexity index is 409. The quantitative estimate of drug-likeness (QED) is 0.813. The lowest BCUT2D eigenvalue weighted by Crippen LogP contribution is -2.56. The van der Waals surface area contributed by atoms with E-state index in [4.69, 9.17) is 0 Å². The van der Waals surface area contributed by atoms with Crippen LogP contribution in [0.4, 0.5) is 0 Å². The smallest absolute Gasteiger partial charge is 0.325 e. The van der Waals surface area contributed by atoms with Crippen molar-refractivity contribution in [3.63, 3.8) is 0 Å². The summed E-state index contributed by atoms with van der Waals surface area (Å²) >= 11 is 1.49. The van der Waals surface area contributed by atoms with Gasteiger partial charge in [-0.15, -0.1) is 0 Å². The summed E-state index contributed by atoms with van der Waals surface area (Å²) < 4.78 is 27.0. The molecule has 5 nitrogen and oxygen atoms in total. The van der Waals surface area contributed by atoms with E-state index in [0.717, 1.165) is 19.3 Å². The monoisotopic (exact) mass is 293 g/mol. The van der Waals surface area contributed by atoms with Crippen LogP contribution in [0.15, 0.2) is 0 Å². The molecule has 0 amide bonds. The molecule has 2 fully saturated rings. The van der Waals surface area contributed by atoms with E-state index in [2.05, 4.69) is 4.72 Å². The van der Waals surface area contributed by atoms with Crippen molar-refractivity contribution in [2.75, 3.05) is 11.5 Å². The normalized spacial score (nSPS) is 30.4. The second-order valence-corrected chi connectivity index (χ2v) is 8.16. The maximum atomic E-state index is 12.3. The predicted molar refractivity (Wildman–Crippen MR) is 71.2 cm³/mol. The largest absolute Gasteiger partial charge is 0.480 e. The Kier molecular flexibility index (Phi) is 4.23.